The number of carbonyl (C=O) groups is 4. The number of benzodiazepines with no additional fused rings is 1. The van der Waals surface area contributed by atoms with E-state index in [1.165, 1.54) is 16.9 Å². The Bertz CT molecular complexity index is 1460. The molecule has 210 valence electrons. The Balaban J connectivity index is 1.47. The van der Waals surface area contributed by atoms with Gasteiger partial charge < -0.3 is 14.4 Å². The lowest BCUT2D eigenvalue weighted by atomic mass is 10.0. The van der Waals surface area contributed by atoms with Gasteiger partial charge in [-0.3, -0.25) is 19.8 Å². The summed E-state index contributed by atoms with van der Waals surface area (Å²) in [7, 11) is 1.29. The lowest BCUT2D eigenvalue weighted by Gasteiger charge is -2.29. The quantitative estimate of drug-likeness (QED) is 0.448. The standard InChI is InChI=1S/C31H30N4O6/c1-40-30(38)25-17-10-18-34(25)26(36)19-35-24-16-9-8-15-23(24)27(22-13-6-3-7-14-22)32-28(29(35)37)33-31(39)41-20-21-11-4-2-5-12-21/h2-9,11-16,25,28H,10,17-20H2,1H3,(H,33,39)/t25-,28?/m0/s1. The molecule has 41 heavy (non-hydrogen) atoms. The summed E-state index contributed by atoms with van der Waals surface area (Å²) in [6.07, 6.45) is -1.06. The second-order valence-electron chi connectivity index (χ2n) is 9.66. The Kier molecular flexibility index (Phi) is 8.38. The summed E-state index contributed by atoms with van der Waals surface area (Å²) in [6.45, 7) is 0.0366. The van der Waals surface area contributed by atoms with Crippen molar-refractivity contribution in [1.82, 2.24) is 10.2 Å². The number of carbonyl (C=O) groups excluding carboxylic acids is 4. The van der Waals surface area contributed by atoms with Crippen molar-refractivity contribution < 1.29 is 28.7 Å². The highest BCUT2D eigenvalue weighted by Crippen LogP contribution is 2.29. The maximum atomic E-state index is 14.0. The molecule has 3 amide bonds. The SMILES string of the molecule is COC(=O)[C@@H]1CCCN1C(=O)CN1C(=O)C(NC(=O)OCc2ccccc2)N=C(c2ccccc2)c2ccccc21. The summed E-state index contributed by atoms with van der Waals surface area (Å²) < 4.78 is 10.3. The van der Waals surface area contributed by atoms with Crippen molar-refractivity contribution in [2.75, 3.05) is 25.1 Å². The molecule has 1 saturated heterocycles. The summed E-state index contributed by atoms with van der Waals surface area (Å²) in [5.41, 5.74) is 3.08. The average molecular weight is 555 g/mol. The highest BCUT2D eigenvalue weighted by Gasteiger charge is 2.39. The van der Waals surface area contributed by atoms with Crippen LogP contribution in [-0.4, -0.2) is 66.9 Å². The molecule has 1 fully saturated rings. The van der Waals surface area contributed by atoms with Gasteiger partial charge in [-0.2, -0.15) is 0 Å². The minimum Gasteiger partial charge on any atom is -0.467 e. The zero-order chi connectivity index (χ0) is 28.8. The summed E-state index contributed by atoms with van der Waals surface area (Å²) >= 11 is 0. The molecule has 0 aromatic heterocycles. The van der Waals surface area contributed by atoms with Crippen molar-refractivity contribution in [1.29, 1.82) is 0 Å². The molecule has 0 aliphatic carbocycles. The third-order valence-electron chi connectivity index (χ3n) is 7.06. The molecule has 0 radical (unpaired) electrons. The topological polar surface area (TPSA) is 118 Å². The number of fused-ring (bicyclic) bond motifs is 1. The molecule has 10 heteroatoms. The second-order valence-corrected chi connectivity index (χ2v) is 9.66. The monoisotopic (exact) mass is 554 g/mol. The van der Waals surface area contributed by atoms with Gasteiger partial charge in [0.1, 0.15) is 19.2 Å². The Morgan fingerprint density at radius 1 is 0.951 bits per heavy atom. The fourth-order valence-corrected chi connectivity index (χ4v) is 5.06. The van der Waals surface area contributed by atoms with Crippen LogP contribution in [-0.2, 0) is 30.5 Å². The first kappa shape index (κ1) is 27.6. The van der Waals surface area contributed by atoms with Gasteiger partial charge >= 0.3 is 12.1 Å². The molecule has 1 N–H and O–H groups in total. The molecular weight excluding hydrogens is 524 g/mol. The van der Waals surface area contributed by atoms with Crippen LogP contribution in [0.15, 0.2) is 89.9 Å². The number of alkyl carbamates (subject to hydrolysis) is 1. The molecule has 5 rings (SSSR count). The van der Waals surface area contributed by atoms with Gasteiger partial charge in [0, 0.05) is 17.7 Å². The van der Waals surface area contributed by atoms with Gasteiger partial charge in [0.15, 0.2) is 0 Å². The number of amides is 3. The van der Waals surface area contributed by atoms with Crippen LogP contribution in [0, 0.1) is 0 Å². The fourth-order valence-electron chi connectivity index (χ4n) is 5.06. The van der Waals surface area contributed by atoms with Gasteiger partial charge in [0.2, 0.25) is 12.1 Å². The number of hydrogen-bond acceptors (Lipinski definition) is 7. The van der Waals surface area contributed by atoms with Gasteiger partial charge in [-0.05, 0) is 24.5 Å². The maximum Gasteiger partial charge on any atom is 0.409 e. The van der Waals surface area contributed by atoms with Crippen LogP contribution in [0.5, 0.6) is 0 Å². The molecule has 2 aliphatic rings. The van der Waals surface area contributed by atoms with Crippen molar-refractivity contribution in [3.05, 3.63) is 102 Å². The van der Waals surface area contributed by atoms with Crippen LogP contribution >= 0.6 is 0 Å². The van der Waals surface area contributed by atoms with Crippen molar-refractivity contribution in [2.45, 2.75) is 31.7 Å². The van der Waals surface area contributed by atoms with Crippen LogP contribution < -0.4 is 10.2 Å². The van der Waals surface area contributed by atoms with E-state index in [4.69, 9.17) is 9.47 Å². The molecule has 0 saturated carbocycles. The molecule has 3 aromatic rings. The number of nitrogens with one attached hydrogen (secondary N) is 1. The van der Waals surface area contributed by atoms with Crippen molar-refractivity contribution in [2.24, 2.45) is 4.99 Å². The van der Waals surface area contributed by atoms with Gasteiger partial charge in [-0.1, -0.05) is 78.9 Å². The number of nitrogens with zero attached hydrogens (tertiary/aromatic N) is 3. The van der Waals surface area contributed by atoms with Crippen molar-refractivity contribution >= 4 is 35.3 Å². The number of methoxy groups -OCH3 is 1. The van der Waals surface area contributed by atoms with Crippen molar-refractivity contribution in [3.63, 3.8) is 0 Å². The van der Waals surface area contributed by atoms with E-state index < -0.39 is 36.1 Å². The van der Waals surface area contributed by atoms with Gasteiger partial charge in [-0.25, -0.2) is 14.6 Å². The smallest absolute Gasteiger partial charge is 0.409 e. The van der Waals surface area contributed by atoms with Gasteiger partial charge in [0.25, 0.3) is 5.91 Å². The highest BCUT2D eigenvalue weighted by molar-refractivity contribution is 6.20. The van der Waals surface area contributed by atoms with E-state index in [1.54, 1.807) is 12.1 Å². The molecule has 0 bridgehead atoms. The first-order valence-corrected chi connectivity index (χ1v) is 13.3. The normalized spacial score (nSPS) is 18.2. The number of aliphatic imine (C=N–C) groups is 1. The number of hydrogen-bond donors (Lipinski definition) is 1. The average Bonchev–Trinajstić information content (AvgIpc) is 3.48. The lowest BCUT2D eigenvalue weighted by molar-refractivity contribution is -0.150. The van der Waals surface area contributed by atoms with E-state index in [-0.39, 0.29) is 13.2 Å². The zero-order valence-corrected chi connectivity index (χ0v) is 22.6. The number of anilines is 1. The number of ether oxygens (including phenoxy) is 2. The highest BCUT2D eigenvalue weighted by atomic mass is 16.5. The third kappa shape index (κ3) is 6.11. The van der Waals surface area contributed by atoms with E-state index in [0.29, 0.717) is 36.3 Å². The Morgan fingerprint density at radius 3 is 2.37 bits per heavy atom. The first-order chi connectivity index (χ1) is 20.0. The Labute approximate surface area is 237 Å². The summed E-state index contributed by atoms with van der Waals surface area (Å²) in [6, 6.07) is 24.9. The summed E-state index contributed by atoms with van der Waals surface area (Å²) in [4.78, 5) is 60.1. The molecule has 2 heterocycles. The largest absolute Gasteiger partial charge is 0.467 e. The predicted octanol–water partition coefficient (Wildman–Crippen LogP) is 3.29. The number of para-hydroxylation sites is 1. The predicted molar refractivity (Wildman–Crippen MR) is 151 cm³/mol. The number of likely N-dealkylation sites (tertiary alicyclic amines) is 1. The van der Waals surface area contributed by atoms with Gasteiger partial charge in [-0.15, -0.1) is 0 Å². The number of rotatable bonds is 7. The number of benzene rings is 3. The van der Waals surface area contributed by atoms with Crippen LogP contribution in [0.3, 0.4) is 0 Å². The molecule has 2 atom stereocenters. The van der Waals surface area contributed by atoms with E-state index in [2.05, 4.69) is 10.3 Å². The maximum absolute atomic E-state index is 14.0. The molecule has 3 aromatic carbocycles. The van der Waals surface area contributed by atoms with E-state index >= 15 is 0 Å². The Hall–Kier alpha value is -4.99. The minimum absolute atomic E-state index is 0.00907. The molecule has 1 unspecified atom stereocenters. The molecule has 10 nitrogen and oxygen atoms in total. The van der Waals surface area contributed by atoms with Gasteiger partial charge in [0.05, 0.1) is 18.5 Å². The van der Waals surface area contributed by atoms with E-state index in [9.17, 15) is 19.2 Å². The summed E-state index contributed by atoms with van der Waals surface area (Å²) in [5.74, 6) is -1.51. The van der Waals surface area contributed by atoms with Crippen molar-refractivity contribution in [3.8, 4) is 0 Å². The van der Waals surface area contributed by atoms with Crippen LogP contribution in [0.1, 0.15) is 29.5 Å². The van der Waals surface area contributed by atoms with E-state index in [1.807, 2.05) is 72.8 Å². The Morgan fingerprint density at radius 2 is 1.63 bits per heavy atom. The zero-order valence-electron chi connectivity index (χ0n) is 22.6. The second kappa shape index (κ2) is 12.5. The molecular formula is C31H30N4O6. The lowest BCUT2D eigenvalue weighted by Crippen LogP contribution is -2.52. The molecule has 2 aliphatic heterocycles. The van der Waals surface area contributed by atoms with E-state index in [0.717, 1.165) is 11.1 Å². The van der Waals surface area contributed by atoms with Crippen LogP contribution in [0.4, 0.5) is 10.5 Å². The van der Waals surface area contributed by atoms with Crippen LogP contribution in [0.2, 0.25) is 0 Å². The first-order valence-electron chi connectivity index (χ1n) is 13.3. The third-order valence-corrected chi connectivity index (χ3v) is 7.06. The number of esters is 1. The van der Waals surface area contributed by atoms with Crippen LogP contribution in [0.25, 0.3) is 0 Å². The molecule has 0 spiro atoms. The minimum atomic E-state index is -1.37. The summed E-state index contributed by atoms with van der Waals surface area (Å²) in [5, 5.41) is 2.58. The fraction of sp³-hybridized carbons (Fsp3) is 0.258.